The Morgan fingerprint density at radius 3 is 2.82 bits per heavy atom. The highest BCUT2D eigenvalue weighted by molar-refractivity contribution is 5.75. The number of nitrogens with one attached hydrogen (secondary N) is 1. The van der Waals surface area contributed by atoms with Crippen LogP contribution in [-0.2, 0) is 13.1 Å². The largest absolute Gasteiger partial charge is 0.451 e. The van der Waals surface area contributed by atoms with Gasteiger partial charge in [-0.1, -0.05) is 60.4 Å². The first-order valence-electron chi connectivity index (χ1n) is 11.9. The third-order valence-corrected chi connectivity index (χ3v) is 6.94. The Hall–Kier alpha value is -3.40. The third-order valence-electron chi connectivity index (χ3n) is 6.94. The minimum absolute atomic E-state index is 0.185. The Balaban J connectivity index is 1.31. The van der Waals surface area contributed by atoms with Gasteiger partial charge in [-0.25, -0.2) is 9.97 Å². The summed E-state index contributed by atoms with van der Waals surface area (Å²) in [6.07, 6.45) is 16.1. The van der Waals surface area contributed by atoms with Gasteiger partial charge in [0.15, 0.2) is 6.39 Å². The van der Waals surface area contributed by atoms with E-state index in [1.807, 2.05) is 16.8 Å². The van der Waals surface area contributed by atoms with Crippen molar-refractivity contribution in [3.63, 3.8) is 0 Å². The lowest BCUT2D eigenvalue weighted by Crippen LogP contribution is -2.47. The van der Waals surface area contributed by atoms with Gasteiger partial charge >= 0.3 is 0 Å². The van der Waals surface area contributed by atoms with Crippen molar-refractivity contribution in [2.45, 2.75) is 51.4 Å². The van der Waals surface area contributed by atoms with E-state index in [0.717, 1.165) is 31.5 Å². The summed E-state index contributed by atoms with van der Waals surface area (Å²) in [6.45, 7) is 2.98. The number of hydrogen-bond donors (Lipinski definition) is 2. The zero-order chi connectivity index (χ0) is 23.4. The molecule has 2 atom stereocenters. The van der Waals surface area contributed by atoms with Crippen molar-refractivity contribution in [3.8, 4) is 11.8 Å². The van der Waals surface area contributed by atoms with Crippen molar-refractivity contribution in [2.24, 2.45) is 11.3 Å². The molecule has 3 aromatic rings. The number of aromatic nitrogens is 3. The van der Waals surface area contributed by atoms with Gasteiger partial charge in [-0.2, -0.15) is 0 Å². The molecule has 0 saturated heterocycles. The molecule has 2 aliphatic rings. The highest BCUT2D eigenvalue weighted by Gasteiger charge is 2.43. The van der Waals surface area contributed by atoms with Crippen molar-refractivity contribution in [1.29, 1.82) is 0 Å². The van der Waals surface area contributed by atoms with E-state index in [0.29, 0.717) is 24.3 Å². The van der Waals surface area contributed by atoms with Gasteiger partial charge in [0, 0.05) is 25.0 Å². The molecule has 1 fully saturated rings. The summed E-state index contributed by atoms with van der Waals surface area (Å²) in [4.78, 5) is 8.45. The molecule has 1 aromatic carbocycles. The van der Waals surface area contributed by atoms with Gasteiger partial charge in [-0.3, -0.25) is 0 Å². The summed E-state index contributed by atoms with van der Waals surface area (Å²) >= 11 is 0. The van der Waals surface area contributed by atoms with Crippen molar-refractivity contribution in [1.82, 2.24) is 19.9 Å². The second kappa shape index (κ2) is 9.84. The van der Waals surface area contributed by atoms with Gasteiger partial charge in [0.2, 0.25) is 0 Å². The molecular formula is C28H30N4O2. The first kappa shape index (κ1) is 22.4. The van der Waals surface area contributed by atoms with Crippen LogP contribution in [-0.4, -0.2) is 25.7 Å². The van der Waals surface area contributed by atoms with Crippen LogP contribution in [0, 0.1) is 23.2 Å². The summed E-state index contributed by atoms with van der Waals surface area (Å²) in [6, 6.07) is 11.0. The summed E-state index contributed by atoms with van der Waals surface area (Å²) in [5.41, 5.74) is 3.24. The van der Waals surface area contributed by atoms with Gasteiger partial charge in [-0.05, 0) is 43.2 Å². The molecule has 174 valence electrons. The number of imidazole rings is 1. The minimum Gasteiger partial charge on any atom is -0.451 e. The summed E-state index contributed by atoms with van der Waals surface area (Å²) < 4.78 is 6.99. The van der Waals surface area contributed by atoms with Crippen LogP contribution in [0.15, 0.2) is 78.0 Å². The van der Waals surface area contributed by atoms with Crippen LogP contribution in [0.25, 0.3) is 5.57 Å². The number of allylic oxidation sites excluding steroid dienone is 4. The average molecular weight is 455 g/mol. The first-order valence-corrected chi connectivity index (χ1v) is 11.9. The van der Waals surface area contributed by atoms with E-state index >= 15 is 0 Å². The van der Waals surface area contributed by atoms with E-state index in [9.17, 15) is 5.11 Å². The monoisotopic (exact) mass is 454 g/mol. The van der Waals surface area contributed by atoms with Gasteiger partial charge in [0.05, 0.1) is 17.7 Å². The van der Waals surface area contributed by atoms with Crippen molar-refractivity contribution in [3.05, 3.63) is 90.7 Å². The molecule has 2 aromatic heterocycles. The van der Waals surface area contributed by atoms with Gasteiger partial charge < -0.3 is 19.4 Å². The molecule has 6 nitrogen and oxygen atoms in total. The normalized spacial score (nSPS) is 24.6. The van der Waals surface area contributed by atoms with Crippen LogP contribution < -0.4 is 5.32 Å². The van der Waals surface area contributed by atoms with E-state index in [1.165, 1.54) is 17.5 Å². The number of aliphatic hydroxyl groups excluding tert-OH is 1. The van der Waals surface area contributed by atoms with Crippen LogP contribution in [0.4, 0.5) is 0 Å². The smallest absolute Gasteiger partial charge is 0.180 e. The molecule has 0 spiro atoms. The molecule has 34 heavy (non-hydrogen) atoms. The van der Waals surface area contributed by atoms with Gasteiger partial charge in [0.25, 0.3) is 0 Å². The molecule has 0 aliphatic heterocycles. The molecule has 2 heterocycles. The molecule has 1 saturated carbocycles. The van der Waals surface area contributed by atoms with Crippen LogP contribution in [0.3, 0.4) is 0 Å². The molecule has 2 unspecified atom stereocenters. The maximum atomic E-state index is 9.95. The molecular weight excluding hydrogens is 424 g/mol. The van der Waals surface area contributed by atoms with Crippen molar-refractivity contribution in [2.75, 3.05) is 0 Å². The highest BCUT2D eigenvalue weighted by Crippen LogP contribution is 2.48. The average Bonchev–Trinajstić information content (AvgIpc) is 3.51. The van der Waals surface area contributed by atoms with Crippen molar-refractivity contribution >= 4 is 5.57 Å². The van der Waals surface area contributed by atoms with Gasteiger partial charge in [0.1, 0.15) is 18.2 Å². The molecule has 0 radical (unpaired) electrons. The standard InChI is InChI=1S/C28H30N4O2/c1-21(33)27-29-13-15-32(27)14-5-10-28(11-8-23(9-12-28)22-6-3-2-4-7-22)24-16-25(17-24)30-18-26-19-34-20-31-26/h2-4,6-9,11,13,15,19-21,24-25,30,33H,12,14,16-18H2,1H3. The highest BCUT2D eigenvalue weighted by atomic mass is 16.3. The zero-order valence-electron chi connectivity index (χ0n) is 19.4. The van der Waals surface area contributed by atoms with Crippen molar-refractivity contribution < 1.29 is 9.52 Å². The van der Waals surface area contributed by atoms with E-state index in [1.54, 1.807) is 19.4 Å². The Morgan fingerprint density at radius 1 is 1.26 bits per heavy atom. The Morgan fingerprint density at radius 2 is 2.12 bits per heavy atom. The fourth-order valence-electron chi connectivity index (χ4n) is 4.89. The molecule has 0 amide bonds. The summed E-state index contributed by atoms with van der Waals surface area (Å²) in [5.74, 6) is 8.17. The van der Waals surface area contributed by atoms with E-state index in [4.69, 9.17) is 4.42 Å². The maximum absolute atomic E-state index is 9.95. The van der Waals surface area contributed by atoms with Crippen LogP contribution in [0.2, 0.25) is 0 Å². The topological polar surface area (TPSA) is 76.1 Å². The molecule has 0 bridgehead atoms. The summed E-state index contributed by atoms with van der Waals surface area (Å²) in [5, 5.41) is 13.5. The Kier molecular flexibility index (Phi) is 6.48. The number of benzene rings is 1. The van der Waals surface area contributed by atoms with Crippen LogP contribution in [0.1, 0.15) is 49.4 Å². The molecule has 5 rings (SSSR count). The minimum atomic E-state index is -0.611. The van der Waals surface area contributed by atoms with E-state index in [-0.39, 0.29) is 5.41 Å². The number of hydrogen-bond acceptors (Lipinski definition) is 5. The molecule has 2 aliphatic carbocycles. The quantitative estimate of drug-likeness (QED) is 0.513. The number of oxazole rings is 1. The lowest BCUT2D eigenvalue weighted by Gasteiger charge is -2.46. The summed E-state index contributed by atoms with van der Waals surface area (Å²) in [7, 11) is 0. The SMILES string of the molecule is CC(O)c1nccn1CC#CC1(C2CC(NCc3cocn3)C2)C=CC(c2ccccc2)=CC1. The second-order valence-electron chi connectivity index (χ2n) is 9.22. The number of rotatable bonds is 7. The zero-order valence-corrected chi connectivity index (χ0v) is 19.4. The predicted octanol–water partition coefficient (Wildman–Crippen LogP) is 4.53. The fraction of sp³-hybridized carbons (Fsp3) is 0.357. The van der Waals surface area contributed by atoms with Gasteiger partial charge in [-0.15, -0.1) is 0 Å². The third kappa shape index (κ3) is 4.77. The Labute approximate surface area is 200 Å². The van der Waals surface area contributed by atoms with E-state index < -0.39 is 6.10 Å². The lowest BCUT2D eigenvalue weighted by molar-refractivity contribution is 0.133. The van der Waals surface area contributed by atoms with E-state index in [2.05, 4.69) is 69.6 Å². The fourth-order valence-corrected chi connectivity index (χ4v) is 4.89. The van der Waals surface area contributed by atoms with Crippen LogP contribution >= 0.6 is 0 Å². The number of aliphatic hydroxyl groups is 1. The first-order chi connectivity index (χ1) is 16.6. The lowest BCUT2D eigenvalue weighted by atomic mass is 9.60. The maximum Gasteiger partial charge on any atom is 0.180 e. The number of nitrogens with zero attached hydrogens (tertiary/aromatic N) is 3. The molecule has 2 N–H and O–H groups in total. The predicted molar refractivity (Wildman–Crippen MR) is 131 cm³/mol. The Bertz CT molecular complexity index is 1210. The second-order valence-corrected chi connectivity index (χ2v) is 9.22. The van der Waals surface area contributed by atoms with Crippen LogP contribution in [0.5, 0.6) is 0 Å². The molecule has 6 heteroatoms.